The fourth-order valence-electron chi connectivity index (χ4n) is 1.49. The van der Waals surface area contributed by atoms with Crippen molar-refractivity contribution in [3.63, 3.8) is 0 Å². The van der Waals surface area contributed by atoms with Crippen molar-refractivity contribution in [2.75, 3.05) is 13.2 Å². The minimum atomic E-state index is -0.0544. The summed E-state index contributed by atoms with van der Waals surface area (Å²) in [6, 6.07) is 4.17. The molecule has 0 saturated carbocycles. The second-order valence-electron chi connectivity index (χ2n) is 4.69. The van der Waals surface area contributed by atoms with Crippen molar-refractivity contribution in [3.8, 4) is 0 Å². The van der Waals surface area contributed by atoms with Crippen molar-refractivity contribution < 1.29 is 4.74 Å². The summed E-state index contributed by atoms with van der Waals surface area (Å²) in [5.41, 5.74) is 6.77. The number of rotatable bonds is 5. The van der Waals surface area contributed by atoms with E-state index in [1.54, 1.807) is 0 Å². The van der Waals surface area contributed by atoms with Crippen LogP contribution in [0.4, 0.5) is 0 Å². The lowest BCUT2D eigenvalue weighted by Crippen LogP contribution is -2.22. The average Bonchev–Trinajstić information content (AvgIpc) is 2.51. The summed E-state index contributed by atoms with van der Waals surface area (Å²) in [6.45, 7) is 8.57. The van der Waals surface area contributed by atoms with E-state index in [0.29, 0.717) is 6.54 Å². The maximum absolute atomic E-state index is 5.68. The van der Waals surface area contributed by atoms with Crippen LogP contribution in [0.1, 0.15) is 26.5 Å². The molecule has 0 amide bonds. The zero-order valence-electron chi connectivity index (χ0n) is 9.99. The first-order valence-corrected chi connectivity index (χ1v) is 5.51. The first-order chi connectivity index (χ1) is 7.03. The van der Waals surface area contributed by atoms with Crippen molar-refractivity contribution in [2.45, 2.75) is 39.3 Å². The summed E-state index contributed by atoms with van der Waals surface area (Å²) in [4.78, 5) is 0. The standard InChI is InChI=1S/C12H22N2O/c1-12(2,3)15-10-9-14-8-4-5-11(14)6-7-13/h4-5,8H,6-7,9-10,13H2,1-3H3. The second kappa shape index (κ2) is 5.33. The predicted octanol–water partition coefficient (Wildman–Crippen LogP) is 1.80. The molecule has 0 radical (unpaired) electrons. The Labute approximate surface area is 92.2 Å². The molecule has 0 fully saturated rings. The van der Waals surface area contributed by atoms with Gasteiger partial charge in [0.05, 0.1) is 12.2 Å². The fourth-order valence-corrected chi connectivity index (χ4v) is 1.49. The predicted molar refractivity (Wildman–Crippen MR) is 62.9 cm³/mol. The van der Waals surface area contributed by atoms with E-state index in [9.17, 15) is 0 Å². The minimum absolute atomic E-state index is 0.0544. The Morgan fingerprint density at radius 3 is 2.73 bits per heavy atom. The van der Waals surface area contributed by atoms with Gasteiger partial charge in [-0.25, -0.2) is 0 Å². The topological polar surface area (TPSA) is 40.2 Å². The molecule has 3 heteroatoms. The van der Waals surface area contributed by atoms with Crippen LogP contribution in [0.5, 0.6) is 0 Å². The number of nitrogens with zero attached hydrogens (tertiary/aromatic N) is 1. The summed E-state index contributed by atoms with van der Waals surface area (Å²) in [5.74, 6) is 0. The van der Waals surface area contributed by atoms with Crippen LogP contribution in [0.25, 0.3) is 0 Å². The highest BCUT2D eigenvalue weighted by Crippen LogP contribution is 2.08. The van der Waals surface area contributed by atoms with Gasteiger partial charge in [-0.1, -0.05) is 0 Å². The van der Waals surface area contributed by atoms with E-state index in [1.165, 1.54) is 5.69 Å². The Hall–Kier alpha value is -0.800. The minimum Gasteiger partial charge on any atom is -0.374 e. The van der Waals surface area contributed by atoms with E-state index in [1.807, 2.05) is 0 Å². The van der Waals surface area contributed by atoms with Crippen LogP contribution < -0.4 is 5.73 Å². The largest absolute Gasteiger partial charge is 0.374 e. The average molecular weight is 210 g/mol. The normalized spacial score (nSPS) is 12.0. The first kappa shape index (κ1) is 12.3. The number of ether oxygens (including phenoxy) is 1. The second-order valence-corrected chi connectivity index (χ2v) is 4.69. The zero-order valence-corrected chi connectivity index (χ0v) is 9.99. The Morgan fingerprint density at radius 1 is 1.40 bits per heavy atom. The summed E-state index contributed by atoms with van der Waals surface area (Å²) in [6.07, 6.45) is 3.01. The monoisotopic (exact) mass is 210 g/mol. The van der Waals surface area contributed by atoms with Crippen molar-refractivity contribution in [1.82, 2.24) is 4.57 Å². The molecule has 15 heavy (non-hydrogen) atoms. The van der Waals surface area contributed by atoms with Gasteiger partial charge in [-0.3, -0.25) is 0 Å². The lowest BCUT2D eigenvalue weighted by molar-refractivity contribution is -0.00700. The van der Waals surface area contributed by atoms with Crippen LogP contribution in [0.2, 0.25) is 0 Å². The molecule has 1 aromatic rings. The van der Waals surface area contributed by atoms with Crippen LogP contribution in [-0.2, 0) is 17.7 Å². The lowest BCUT2D eigenvalue weighted by atomic mass is 10.2. The van der Waals surface area contributed by atoms with Gasteiger partial charge >= 0.3 is 0 Å². The Morgan fingerprint density at radius 2 is 2.13 bits per heavy atom. The molecule has 0 bridgehead atoms. The molecule has 0 unspecified atom stereocenters. The smallest absolute Gasteiger partial charge is 0.0652 e. The molecule has 86 valence electrons. The van der Waals surface area contributed by atoms with Gasteiger partial charge in [0.1, 0.15) is 0 Å². The van der Waals surface area contributed by atoms with E-state index < -0.39 is 0 Å². The van der Waals surface area contributed by atoms with E-state index in [0.717, 1.165) is 19.6 Å². The molecule has 3 nitrogen and oxygen atoms in total. The van der Waals surface area contributed by atoms with Gasteiger partial charge in [-0.15, -0.1) is 0 Å². The number of hydrogen-bond acceptors (Lipinski definition) is 2. The molecule has 0 aromatic carbocycles. The molecule has 0 aliphatic heterocycles. The SMILES string of the molecule is CC(C)(C)OCCn1cccc1CCN. The summed E-state index contributed by atoms with van der Waals surface area (Å²) >= 11 is 0. The van der Waals surface area contributed by atoms with Gasteiger partial charge in [0, 0.05) is 18.4 Å². The highest BCUT2D eigenvalue weighted by Gasteiger charge is 2.09. The molecular formula is C12H22N2O. The van der Waals surface area contributed by atoms with Crippen molar-refractivity contribution in [2.24, 2.45) is 5.73 Å². The van der Waals surface area contributed by atoms with Gasteiger partial charge in [0.25, 0.3) is 0 Å². The molecule has 0 atom stereocenters. The van der Waals surface area contributed by atoms with Crippen LogP contribution in [0, 0.1) is 0 Å². The molecule has 2 N–H and O–H groups in total. The van der Waals surface area contributed by atoms with Gasteiger partial charge in [0.15, 0.2) is 0 Å². The highest BCUT2D eigenvalue weighted by molar-refractivity contribution is 5.07. The fraction of sp³-hybridized carbons (Fsp3) is 0.667. The Balaban J connectivity index is 2.40. The van der Waals surface area contributed by atoms with Crippen molar-refractivity contribution in [3.05, 3.63) is 24.0 Å². The number of hydrogen-bond donors (Lipinski definition) is 1. The quantitative estimate of drug-likeness (QED) is 0.805. The van der Waals surface area contributed by atoms with E-state index in [-0.39, 0.29) is 5.60 Å². The summed E-state index contributed by atoms with van der Waals surface area (Å²) < 4.78 is 7.89. The van der Waals surface area contributed by atoms with Crippen LogP contribution >= 0.6 is 0 Å². The zero-order chi connectivity index (χ0) is 11.3. The molecule has 0 aliphatic rings. The van der Waals surface area contributed by atoms with E-state index in [4.69, 9.17) is 10.5 Å². The van der Waals surface area contributed by atoms with E-state index >= 15 is 0 Å². The third-order valence-corrected chi connectivity index (χ3v) is 2.19. The molecule has 1 aromatic heterocycles. The van der Waals surface area contributed by atoms with Gasteiger partial charge < -0.3 is 15.0 Å². The first-order valence-electron chi connectivity index (χ1n) is 5.51. The van der Waals surface area contributed by atoms with Crippen molar-refractivity contribution in [1.29, 1.82) is 0 Å². The van der Waals surface area contributed by atoms with E-state index in [2.05, 4.69) is 43.7 Å². The third kappa shape index (κ3) is 4.49. The maximum Gasteiger partial charge on any atom is 0.0652 e. The summed E-state index contributed by atoms with van der Waals surface area (Å²) in [7, 11) is 0. The Bertz CT molecular complexity index is 286. The number of nitrogens with two attached hydrogens (primary N) is 1. The van der Waals surface area contributed by atoms with Crippen molar-refractivity contribution >= 4 is 0 Å². The molecule has 0 spiro atoms. The molecule has 1 rings (SSSR count). The molecular weight excluding hydrogens is 188 g/mol. The highest BCUT2D eigenvalue weighted by atomic mass is 16.5. The maximum atomic E-state index is 5.68. The molecule has 0 saturated heterocycles. The third-order valence-electron chi connectivity index (χ3n) is 2.19. The lowest BCUT2D eigenvalue weighted by Gasteiger charge is -2.20. The Kier molecular flexibility index (Phi) is 4.36. The number of aromatic nitrogens is 1. The molecule has 0 aliphatic carbocycles. The van der Waals surface area contributed by atoms with Crippen LogP contribution in [0.15, 0.2) is 18.3 Å². The molecule has 1 heterocycles. The van der Waals surface area contributed by atoms with Gasteiger partial charge in [0.2, 0.25) is 0 Å². The van der Waals surface area contributed by atoms with Crippen LogP contribution in [-0.4, -0.2) is 23.3 Å². The van der Waals surface area contributed by atoms with Gasteiger partial charge in [-0.05, 0) is 45.9 Å². The summed E-state index contributed by atoms with van der Waals surface area (Å²) in [5, 5.41) is 0. The van der Waals surface area contributed by atoms with Crippen LogP contribution in [0.3, 0.4) is 0 Å². The van der Waals surface area contributed by atoms with Gasteiger partial charge in [-0.2, -0.15) is 0 Å².